The third-order valence-corrected chi connectivity index (χ3v) is 5.42. The lowest BCUT2D eigenvalue weighted by molar-refractivity contribution is 0.0697. The van der Waals surface area contributed by atoms with Gasteiger partial charge in [-0.1, -0.05) is 23.2 Å². The average molecular weight is 499 g/mol. The molecule has 4 aromatic rings. The summed E-state index contributed by atoms with van der Waals surface area (Å²) in [6.07, 6.45) is 2.77. The Kier molecular flexibility index (Phi) is 6.85. The number of aromatic nitrogens is 3. The molecule has 4 N–H and O–H groups in total. The van der Waals surface area contributed by atoms with Crippen molar-refractivity contribution in [3.63, 3.8) is 0 Å². The number of carboxylic acids is 1. The molecule has 0 unspecified atom stereocenters. The number of carbonyl (C=O) groups is 1. The number of carboxylic acid groups (broad SMARTS) is 1. The molecule has 11 heteroatoms. The molecule has 0 bridgehead atoms. The van der Waals surface area contributed by atoms with Crippen LogP contribution in [0.3, 0.4) is 0 Å². The highest BCUT2D eigenvalue weighted by Crippen LogP contribution is 2.34. The Morgan fingerprint density at radius 3 is 2.68 bits per heavy atom. The molecule has 0 aliphatic carbocycles. The standard InChI is InChI=1S/C23H20Cl2N6O3/c1-12-29-21(26-2)20(22(30-12)31-18-7-8-27-11-16(18)23(32)33)28-10-14-4-6-19(34-14)15-9-13(24)3-5-17(15)25/h3-9,11,28H,10H2,1-2H3,(H,32,33)(H2,26,27,29,30,31). The van der Waals surface area contributed by atoms with Gasteiger partial charge in [-0.15, -0.1) is 0 Å². The van der Waals surface area contributed by atoms with Crippen LogP contribution in [0.2, 0.25) is 10.0 Å². The highest BCUT2D eigenvalue weighted by Gasteiger charge is 2.17. The maximum atomic E-state index is 11.6. The number of nitrogens with one attached hydrogen (secondary N) is 3. The number of nitrogens with zero attached hydrogens (tertiary/aromatic N) is 3. The number of hydrogen-bond donors (Lipinski definition) is 4. The minimum Gasteiger partial charge on any atom is -0.478 e. The van der Waals surface area contributed by atoms with Crippen LogP contribution in [0.4, 0.5) is 23.0 Å². The van der Waals surface area contributed by atoms with Crippen LogP contribution in [0.15, 0.2) is 53.2 Å². The van der Waals surface area contributed by atoms with Crippen LogP contribution in [0.5, 0.6) is 0 Å². The Morgan fingerprint density at radius 1 is 1.12 bits per heavy atom. The van der Waals surface area contributed by atoms with E-state index in [0.717, 1.165) is 0 Å². The molecular weight excluding hydrogens is 479 g/mol. The molecule has 0 aliphatic heterocycles. The largest absolute Gasteiger partial charge is 0.478 e. The Hall–Kier alpha value is -3.82. The van der Waals surface area contributed by atoms with Crippen molar-refractivity contribution in [2.24, 2.45) is 0 Å². The Labute approximate surface area is 205 Å². The molecule has 0 spiro atoms. The van der Waals surface area contributed by atoms with Gasteiger partial charge in [0, 0.05) is 30.0 Å². The second-order valence-corrected chi connectivity index (χ2v) is 8.03. The number of rotatable bonds is 8. The molecule has 0 fully saturated rings. The van der Waals surface area contributed by atoms with Crippen LogP contribution in [0.25, 0.3) is 11.3 Å². The van der Waals surface area contributed by atoms with Crippen molar-refractivity contribution in [1.82, 2.24) is 15.0 Å². The van der Waals surface area contributed by atoms with Crippen molar-refractivity contribution >= 4 is 52.2 Å². The SMILES string of the molecule is CNc1nc(C)nc(Nc2ccncc2C(=O)O)c1NCc1ccc(-c2cc(Cl)ccc2Cl)o1. The van der Waals surface area contributed by atoms with Gasteiger partial charge in [-0.2, -0.15) is 0 Å². The minimum atomic E-state index is -1.10. The van der Waals surface area contributed by atoms with Crippen LogP contribution in [-0.4, -0.2) is 33.1 Å². The summed E-state index contributed by atoms with van der Waals surface area (Å²) in [4.78, 5) is 24.4. The molecule has 0 amide bonds. The maximum Gasteiger partial charge on any atom is 0.339 e. The molecule has 174 valence electrons. The molecule has 0 saturated heterocycles. The molecule has 4 rings (SSSR count). The molecule has 0 aliphatic rings. The van der Waals surface area contributed by atoms with Crippen molar-refractivity contribution < 1.29 is 14.3 Å². The Balaban J connectivity index is 1.62. The summed E-state index contributed by atoms with van der Waals surface area (Å²) < 4.78 is 5.96. The highest BCUT2D eigenvalue weighted by molar-refractivity contribution is 6.35. The van der Waals surface area contributed by atoms with E-state index in [1.165, 1.54) is 12.4 Å². The number of aryl methyl sites for hydroxylation is 1. The van der Waals surface area contributed by atoms with Crippen molar-refractivity contribution in [2.45, 2.75) is 13.5 Å². The zero-order valence-electron chi connectivity index (χ0n) is 18.2. The summed E-state index contributed by atoms with van der Waals surface area (Å²) in [6.45, 7) is 2.05. The molecule has 0 radical (unpaired) electrons. The first kappa shape index (κ1) is 23.3. The minimum absolute atomic E-state index is 0.0183. The average Bonchev–Trinajstić information content (AvgIpc) is 3.28. The van der Waals surface area contributed by atoms with Crippen molar-refractivity contribution in [1.29, 1.82) is 0 Å². The van der Waals surface area contributed by atoms with Gasteiger partial charge in [0.2, 0.25) is 0 Å². The summed E-state index contributed by atoms with van der Waals surface area (Å²) >= 11 is 12.4. The van der Waals surface area contributed by atoms with Gasteiger partial charge in [0.05, 0.1) is 17.3 Å². The van der Waals surface area contributed by atoms with Crippen LogP contribution in [-0.2, 0) is 6.54 Å². The molecule has 1 aromatic carbocycles. The van der Waals surface area contributed by atoms with Gasteiger partial charge in [-0.25, -0.2) is 14.8 Å². The van der Waals surface area contributed by atoms with Crippen molar-refractivity contribution in [2.75, 3.05) is 23.0 Å². The van der Waals surface area contributed by atoms with Gasteiger partial charge in [0.15, 0.2) is 11.6 Å². The van der Waals surface area contributed by atoms with Gasteiger partial charge in [-0.3, -0.25) is 4.98 Å². The van der Waals surface area contributed by atoms with E-state index >= 15 is 0 Å². The topological polar surface area (TPSA) is 125 Å². The van der Waals surface area contributed by atoms with Gasteiger partial charge < -0.3 is 25.5 Å². The first-order valence-electron chi connectivity index (χ1n) is 10.1. The molecular formula is C23H20Cl2N6O3. The predicted molar refractivity (Wildman–Crippen MR) is 132 cm³/mol. The zero-order chi connectivity index (χ0) is 24.2. The quantitative estimate of drug-likeness (QED) is 0.237. The summed E-state index contributed by atoms with van der Waals surface area (Å²) in [5.41, 5.74) is 1.60. The molecule has 3 heterocycles. The van der Waals surface area contributed by atoms with Crippen LogP contribution in [0, 0.1) is 6.92 Å². The number of benzene rings is 1. The Morgan fingerprint density at radius 2 is 1.91 bits per heavy atom. The van der Waals surface area contributed by atoms with Crippen molar-refractivity contribution in [3.8, 4) is 11.3 Å². The summed E-state index contributed by atoms with van der Waals surface area (Å²) in [6, 6.07) is 10.4. The maximum absolute atomic E-state index is 11.6. The molecule has 34 heavy (non-hydrogen) atoms. The smallest absolute Gasteiger partial charge is 0.339 e. The third kappa shape index (κ3) is 5.05. The molecule has 9 nitrogen and oxygen atoms in total. The molecule has 0 saturated carbocycles. The van der Waals surface area contributed by atoms with E-state index in [1.807, 2.05) is 12.1 Å². The predicted octanol–water partition coefficient (Wildman–Crippen LogP) is 5.84. The number of hydrogen-bond acceptors (Lipinski definition) is 8. The molecule has 3 aromatic heterocycles. The van der Waals surface area contributed by atoms with Gasteiger partial charge >= 0.3 is 5.97 Å². The van der Waals surface area contributed by atoms with E-state index in [2.05, 4.69) is 30.9 Å². The zero-order valence-corrected chi connectivity index (χ0v) is 19.7. The fourth-order valence-corrected chi connectivity index (χ4v) is 3.68. The first-order valence-corrected chi connectivity index (χ1v) is 10.9. The second kappa shape index (κ2) is 9.98. The molecule has 0 atom stereocenters. The van der Waals surface area contributed by atoms with E-state index in [1.54, 1.807) is 38.2 Å². The lowest BCUT2D eigenvalue weighted by Gasteiger charge is -2.17. The fraction of sp³-hybridized carbons (Fsp3) is 0.130. The van der Waals surface area contributed by atoms with E-state index < -0.39 is 5.97 Å². The third-order valence-electron chi connectivity index (χ3n) is 4.86. The van der Waals surface area contributed by atoms with E-state index in [4.69, 9.17) is 27.6 Å². The van der Waals surface area contributed by atoms with Crippen LogP contribution in [0.1, 0.15) is 21.9 Å². The van der Waals surface area contributed by atoms with Gasteiger partial charge in [-0.05, 0) is 43.3 Å². The summed E-state index contributed by atoms with van der Waals surface area (Å²) in [5, 5.41) is 20.0. The van der Waals surface area contributed by atoms with Crippen LogP contribution < -0.4 is 16.0 Å². The summed E-state index contributed by atoms with van der Waals surface area (Å²) in [5.74, 6) is 1.54. The van der Waals surface area contributed by atoms with E-state index in [-0.39, 0.29) is 5.56 Å². The summed E-state index contributed by atoms with van der Waals surface area (Å²) in [7, 11) is 1.73. The number of furan rings is 1. The van der Waals surface area contributed by atoms with Gasteiger partial charge in [0.1, 0.15) is 28.6 Å². The monoisotopic (exact) mass is 498 g/mol. The second-order valence-electron chi connectivity index (χ2n) is 7.19. The number of aromatic carboxylic acids is 1. The normalized spacial score (nSPS) is 10.7. The number of halogens is 2. The first-order chi connectivity index (χ1) is 16.4. The van der Waals surface area contributed by atoms with E-state index in [0.29, 0.717) is 62.5 Å². The lowest BCUT2D eigenvalue weighted by atomic mass is 10.2. The van der Waals surface area contributed by atoms with E-state index in [9.17, 15) is 9.90 Å². The van der Waals surface area contributed by atoms with Crippen molar-refractivity contribution in [3.05, 3.63) is 76.0 Å². The lowest BCUT2D eigenvalue weighted by Crippen LogP contribution is -2.11. The number of anilines is 4. The van der Waals surface area contributed by atoms with Gasteiger partial charge in [0.25, 0.3) is 0 Å². The fourth-order valence-electron chi connectivity index (χ4n) is 3.29. The van der Waals surface area contributed by atoms with Crippen LogP contribution >= 0.6 is 23.2 Å². The highest BCUT2D eigenvalue weighted by atomic mass is 35.5. The number of pyridine rings is 1. The Bertz CT molecular complexity index is 1360.